The van der Waals surface area contributed by atoms with Crippen LogP contribution in [0.1, 0.15) is 45.2 Å². The van der Waals surface area contributed by atoms with Gasteiger partial charge in [0.2, 0.25) is 0 Å². The first-order valence-electron chi connectivity index (χ1n) is 22.3. The van der Waals surface area contributed by atoms with Gasteiger partial charge in [0.25, 0.3) is 0 Å². The highest BCUT2D eigenvalue weighted by Crippen LogP contribution is 2.52. The lowest BCUT2D eigenvalue weighted by molar-refractivity contribution is 0.669. The van der Waals surface area contributed by atoms with Crippen molar-refractivity contribution >= 4 is 43.7 Å². The summed E-state index contributed by atoms with van der Waals surface area (Å²) in [6.45, 7) is 0. The number of benzene rings is 10. The fraction of sp³-hybridized carbons (Fsp3) is 0.0323. The fourth-order valence-electron chi connectivity index (χ4n) is 11.4. The van der Waals surface area contributed by atoms with E-state index in [0.717, 1.165) is 33.2 Å². The first kappa shape index (κ1) is 35.4. The Labute approximate surface area is 370 Å². The molecule has 0 bridgehead atoms. The topological polar surface area (TPSA) is 18.1 Å². The Hall–Kier alpha value is -8.20. The van der Waals surface area contributed by atoms with Crippen molar-refractivity contribution in [3.8, 4) is 50.2 Å². The van der Waals surface area contributed by atoms with Gasteiger partial charge in [-0.1, -0.05) is 164 Å². The smallest absolute Gasteiger partial charge is 0.136 e. The summed E-state index contributed by atoms with van der Waals surface area (Å²) in [5.74, 6) is 0.395. The van der Waals surface area contributed by atoms with Crippen molar-refractivity contribution < 1.29 is 4.42 Å². The van der Waals surface area contributed by atoms with E-state index in [9.17, 15) is 0 Å². The molecule has 64 heavy (non-hydrogen) atoms. The van der Waals surface area contributed by atoms with Crippen molar-refractivity contribution in [3.05, 3.63) is 258 Å². The van der Waals surface area contributed by atoms with Crippen molar-refractivity contribution in [2.24, 2.45) is 0 Å². The fourth-order valence-corrected chi connectivity index (χ4v) is 11.4. The minimum atomic E-state index is 0.176. The van der Waals surface area contributed by atoms with Gasteiger partial charge in [0.15, 0.2) is 0 Å². The van der Waals surface area contributed by atoms with Gasteiger partial charge in [-0.3, -0.25) is 0 Å². The van der Waals surface area contributed by atoms with Gasteiger partial charge in [-0.15, -0.1) is 0 Å². The Morgan fingerprint density at radius 1 is 0.312 bits per heavy atom. The van der Waals surface area contributed by atoms with Gasteiger partial charge < -0.3 is 8.98 Å². The number of rotatable bonds is 5. The molecule has 2 aromatic heterocycles. The molecule has 0 saturated carbocycles. The molecule has 0 saturated heterocycles. The third kappa shape index (κ3) is 5.14. The molecule has 2 atom stereocenters. The molecule has 10 aromatic carbocycles. The number of aromatic nitrogens is 1. The molecule has 2 heteroatoms. The van der Waals surface area contributed by atoms with E-state index in [0.29, 0.717) is 0 Å². The van der Waals surface area contributed by atoms with Crippen molar-refractivity contribution in [2.75, 3.05) is 0 Å². The number of nitrogens with zero attached hydrogens (tertiary/aromatic N) is 1. The molecule has 0 radical (unpaired) electrons. The van der Waals surface area contributed by atoms with Crippen LogP contribution in [0.4, 0.5) is 0 Å². The largest absolute Gasteiger partial charge is 0.456 e. The van der Waals surface area contributed by atoms with E-state index in [4.69, 9.17) is 4.42 Å². The Kier molecular flexibility index (Phi) is 7.55. The average Bonchev–Trinajstić information content (AvgIpc) is 4.09. The predicted octanol–water partition coefficient (Wildman–Crippen LogP) is 16.3. The molecule has 2 heterocycles. The molecule has 0 amide bonds. The van der Waals surface area contributed by atoms with Crippen molar-refractivity contribution in [2.45, 2.75) is 11.8 Å². The average molecular weight is 814 g/mol. The lowest BCUT2D eigenvalue weighted by Gasteiger charge is -2.15. The highest BCUT2D eigenvalue weighted by molar-refractivity contribution is 6.15. The number of fused-ring (bicyclic) bond motifs is 12. The van der Waals surface area contributed by atoms with E-state index < -0.39 is 0 Å². The molecular formula is C62H39NO. The highest BCUT2D eigenvalue weighted by Gasteiger charge is 2.32. The summed E-state index contributed by atoms with van der Waals surface area (Å²) in [5, 5.41) is 4.77. The summed E-state index contributed by atoms with van der Waals surface area (Å²) < 4.78 is 9.07. The van der Waals surface area contributed by atoms with Crippen LogP contribution in [0.15, 0.2) is 229 Å². The summed E-state index contributed by atoms with van der Waals surface area (Å²) in [5.41, 5.74) is 23.4. The predicted molar refractivity (Wildman–Crippen MR) is 265 cm³/mol. The van der Waals surface area contributed by atoms with Crippen LogP contribution in [0, 0.1) is 0 Å². The number of hydrogen-bond acceptors (Lipinski definition) is 1. The molecule has 2 aliphatic carbocycles. The van der Waals surface area contributed by atoms with Crippen molar-refractivity contribution in [1.82, 2.24) is 4.57 Å². The summed E-state index contributed by atoms with van der Waals surface area (Å²) in [4.78, 5) is 0. The first-order valence-corrected chi connectivity index (χ1v) is 22.3. The molecular weight excluding hydrogens is 775 g/mol. The number of hydrogen-bond donors (Lipinski definition) is 0. The molecule has 0 spiro atoms. The van der Waals surface area contributed by atoms with E-state index in [2.05, 4.69) is 229 Å². The van der Waals surface area contributed by atoms with Crippen LogP contribution in [0.3, 0.4) is 0 Å². The normalized spacial score (nSPS) is 14.9. The minimum Gasteiger partial charge on any atom is -0.456 e. The third-order valence-electron chi connectivity index (χ3n) is 14.2. The number of para-hydroxylation sites is 1. The van der Waals surface area contributed by atoms with Gasteiger partial charge in [-0.05, 0) is 139 Å². The molecule has 2 aliphatic rings. The van der Waals surface area contributed by atoms with Gasteiger partial charge in [0.1, 0.15) is 11.2 Å². The van der Waals surface area contributed by atoms with Crippen LogP contribution in [0.2, 0.25) is 0 Å². The van der Waals surface area contributed by atoms with Crippen LogP contribution in [0.5, 0.6) is 0 Å². The van der Waals surface area contributed by atoms with Gasteiger partial charge in [0.05, 0.1) is 11.0 Å². The summed E-state index contributed by atoms with van der Waals surface area (Å²) in [6.07, 6.45) is 0. The molecule has 0 fully saturated rings. The van der Waals surface area contributed by atoms with Gasteiger partial charge >= 0.3 is 0 Å². The Bertz CT molecular complexity index is 3840. The van der Waals surface area contributed by atoms with Crippen molar-refractivity contribution in [3.63, 3.8) is 0 Å². The van der Waals surface area contributed by atoms with E-state index in [1.807, 2.05) is 0 Å². The van der Waals surface area contributed by atoms with Crippen LogP contribution in [0.25, 0.3) is 93.9 Å². The van der Waals surface area contributed by atoms with E-state index in [1.165, 1.54) is 94.1 Å². The maximum atomic E-state index is 6.62. The lowest BCUT2D eigenvalue weighted by atomic mass is 9.88. The van der Waals surface area contributed by atoms with Crippen LogP contribution in [-0.2, 0) is 0 Å². The monoisotopic (exact) mass is 813 g/mol. The Morgan fingerprint density at radius 2 is 0.859 bits per heavy atom. The molecule has 12 aromatic rings. The van der Waals surface area contributed by atoms with Crippen molar-refractivity contribution in [1.29, 1.82) is 0 Å². The third-order valence-corrected chi connectivity index (χ3v) is 14.2. The Morgan fingerprint density at radius 3 is 1.58 bits per heavy atom. The van der Waals surface area contributed by atoms with Gasteiger partial charge in [-0.25, -0.2) is 0 Å². The van der Waals surface area contributed by atoms with E-state index >= 15 is 0 Å². The van der Waals surface area contributed by atoms with Crippen LogP contribution >= 0.6 is 0 Å². The molecule has 0 aliphatic heterocycles. The van der Waals surface area contributed by atoms with E-state index in [-0.39, 0.29) is 11.8 Å². The zero-order valence-corrected chi connectivity index (χ0v) is 34.9. The zero-order chi connectivity index (χ0) is 41.9. The SMILES string of the molecule is c1ccc(C2c3ccccc3-c3cc(-c4cccc5oc6ccc(-c7ccc8c(c7)c7cc9c(cc7n8-c7ccccc7)C(c7ccccc7)c7ccccc7-9)cc6c45)ccc32)cc1. The minimum absolute atomic E-state index is 0.176. The van der Waals surface area contributed by atoms with Gasteiger partial charge in [-0.2, -0.15) is 0 Å². The quantitative estimate of drug-likeness (QED) is 0.169. The number of furan rings is 1. The molecule has 0 N–H and O–H groups in total. The lowest BCUT2D eigenvalue weighted by Crippen LogP contribution is -1.99. The first-order chi connectivity index (χ1) is 31.7. The molecule has 2 nitrogen and oxygen atoms in total. The summed E-state index contributed by atoms with van der Waals surface area (Å²) in [7, 11) is 0. The zero-order valence-electron chi connectivity index (χ0n) is 34.9. The van der Waals surface area contributed by atoms with Crippen LogP contribution < -0.4 is 0 Å². The summed E-state index contributed by atoms with van der Waals surface area (Å²) >= 11 is 0. The van der Waals surface area contributed by atoms with Gasteiger partial charge in [0, 0.05) is 39.1 Å². The maximum absolute atomic E-state index is 6.62. The van der Waals surface area contributed by atoms with E-state index in [1.54, 1.807) is 0 Å². The second kappa shape index (κ2) is 13.6. The highest BCUT2D eigenvalue weighted by atomic mass is 16.3. The summed E-state index contributed by atoms with van der Waals surface area (Å²) in [6, 6.07) is 82.8. The second-order valence-electron chi connectivity index (χ2n) is 17.5. The van der Waals surface area contributed by atoms with Crippen LogP contribution in [-0.4, -0.2) is 4.57 Å². The standard InChI is InChI=1S/C62H39NO/c1-4-15-38(16-5-1)60-47-23-12-10-21-45(47)50-35-42(27-30-49(50)60)44-25-14-26-59-62(44)55-34-41(29-32-58(55)64-59)40-28-31-56-52(33-40)53-36-51-46-22-11-13-24-48(46)61(39-17-6-2-7-18-39)54(51)37-57(53)63(56)43-19-8-3-9-20-43/h1-37,60-61H. The maximum Gasteiger partial charge on any atom is 0.136 e. The Balaban J connectivity index is 0.938. The molecule has 14 rings (SSSR count). The molecule has 2 unspecified atom stereocenters. The second-order valence-corrected chi connectivity index (χ2v) is 17.5. The molecule has 298 valence electrons.